The van der Waals surface area contributed by atoms with Crippen LogP contribution in [-0.2, 0) is 4.74 Å². The minimum atomic E-state index is 0. The van der Waals surface area contributed by atoms with E-state index in [2.05, 4.69) is 58.9 Å². The molecule has 2 aliphatic carbocycles. The minimum Gasteiger partial charge on any atom is -0.381 e. The third-order valence-corrected chi connectivity index (χ3v) is 1.94. The van der Waals surface area contributed by atoms with Crippen molar-refractivity contribution in [3.63, 3.8) is 0 Å². The van der Waals surface area contributed by atoms with Crippen LogP contribution in [-0.4, -0.2) is 57.2 Å². The summed E-state index contributed by atoms with van der Waals surface area (Å²) in [5.74, 6) is 0. The molecule has 0 spiro atoms. The van der Waals surface area contributed by atoms with Gasteiger partial charge in [0.1, 0.15) is 0 Å². The van der Waals surface area contributed by atoms with Gasteiger partial charge in [0.25, 0.3) is 0 Å². The van der Waals surface area contributed by atoms with Gasteiger partial charge < -0.3 is 4.74 Å². The summed E-state index contributed by atoms with van der Waals surface area (Å²) in [4.78, 5) is 0. The van der Waals surface area contributed by atoms with E-state index in [4.69, 9.17) is 4.74 Å². The average Bonchev–Trinajstić information content (AvgIpc) is 3.31. The van der Waals surface area contributed by atoms with Crippen LogP contribution in [0.4, 0.5) is 0 Å². The molecule has 0 unspecified atom stereocenters. The maximum absolute atomic E-state index is 4.94. The van der Waals surface area contributed by atoms with Gasteiger partial charge in [0.15, 0.2) is 0 Å². The Kier molecular flexibility index (Phi) is 54.1. The molecule has 29 heavy (non-hydrogen) atoms. The van der Waals surface area contributed by atoms with E-state index in [0.717, 1.165) is 13.2 Å². The van der Waals surface area contributed by atoms with Gasteiger partial charge in [-0.05, 0) is 77.0 Å². The molecule has 2 saturated carbocycles. The molecule has 6 heteroatoms. The predicted molar refractivity (Wildman–Crippen MR) is 139 cm³/mol. The first-order valence-corrected chi connectivity index (χ1v) is 18.9. The Morgan fingerprint density at radius 2 is 0.586 bits per heavy atom. The van der Waals surface area contributed by atoms with Crippen LogP contribution in [0.1, 0.15) is 12.8 Å². The van der Waals surface area contributed by atoms with E-state index < -0.39 is 0 Å². The fourth-order valence-electron chi connectivity index (χ4n) is 1.15. The Morgan fingerprint density at radius 3 is 0.655 bits per heavy atom. The van der Waals surface area contributed by atoms with Gasteiger partial charge >= 0.3 is 0 Å². The van der Waals surface area contributed by atoms with E-state index in [1.54, 1.807) is 0 Å². The first-order chi connectivity index (χ1) is 12.7. The SMILES string of the molecule is C1CCOC1.C[Si](C)C.C[Si](C)C.C[Si](C)C.[CH]1[CH][CH][CH][CH]1.[CH]1[CH][CH][CH][CH]1.[Ge].[Lu]. The Hall–Kier alpha value is 2.39. The molecule has 0 atom stereocenters. The van der Waals surface area contributed by atoms with E-state index in [9.17, 15) is 0 Å². The second-order valence-corrected chi connectivity index (χ2v) is 16.7. The summed E-state index contributed by atoms with van der Waals surface area (Å²) in [5, 5.41) is 0. The molecule has 0 N–H and O–H groups in total. The third-order valence-electron chi connectivity index (χ3n) is 1.94. The van der Waals surface area contributed by atoms with Gasteiger partial charge in [0.05, 0.1) is 0 Å². The zero-order chi connectivity index (χ0) is 21.3. The molecule has 0 amide bonds. The second kappa shape index (κ2) is 37.7. The zero-order valence-electron chi connectivity index (χ0n) is 20.3. The van der Waals surface area contributed by atoms with Gasteiger partial charge in [0.2, 0.25) is 0 Å². The van der Waals surface area contributed by atoms with E-state index in [1.165, 1.54) is 12.8 Å². The van der Waals surface area contributed by atoms with Crippen LogP contribution in [0.3, 0.4) is 0 Å². The van der Waals surface area contributed by atoms with Crippen molar-refractivity contribution in [2.75, 3.05) is 13.2 Å². The molecular weight excluding hydrogens is 624 g/mol. The molecule has 0 aromatic heterocycles. The van der Waals surface area contributed by atoms with Crippen LogP contribution in [0.25, 0.3) is 0 Å². The Labute approximate surface area is 232 Å². The van der Waals surface area contributed by atoms with Crippen LogP contribution >= 0.6 is 0 Å². The molecule has 1 heterocycles. The second-order valence-electron chi connectivity index (χ2n) is 7.74. The van der Waals surface area contributed by atoms with Gasteiger partial charge in [0, 0.05) is 94.1 Å². The van der Waals surface area contributed by atoms with Crippen molar-refractivity contribution >= 4 is 44.0 Å². The van der Waals surface area contributed by atoms with Crippen LogP contribution in [0.15, 0.2) is 0 Å². The average molecular weight is 669 g/mol. The van der Waals surface area contributed by atoms with E-state index in [1.807, 2.05) is 64.2 Å². The molecule has 3 rings (SSSR count). The summed E-state index contributed by atoms with van der Waals surface area (Å²) in [6.45, 7) is 22.4. The van der Waals surface area contributed by atoms with Gasteiger partial charge in [-0.3, -0.25) is 0 Å². The van der Waals surface area contributed by atoms with Crippen LogP contribution in [0.5, 0.6) is 0 Å². The van der Waals surface area contributed by atoms with Crippen LogP contribution < -0.4 is 0 Å². The molecule has 3 aliphatic rings. The van der Waals surface area contributed by atoms with Crippen molar-refractivity contribution in [1.29, 1.82) is 0 Å². The normalized spacial score (nSPS) is 16.1. The van der Waals surface area contributed by atoms with Crippen LogP contribution in [0, 0.1) is 101 Å². The molecule has 174 valence electrons. The molecule has 1 saturated heterocycles. The predicted octanol–water partition coefficient (Wildman–Crippen LogP) is 6.57. The quantitative estimate of drug-likeness (QED) is 0.266. The summed E-state index contributed by atoms with van der Waals surface area (Å²) >= 11 is 0. The Balaban J connectivity index is -0.0000000788. The minimum absolute atomic E-state index is 0. The van der Waals surface area contributed by atoms with E-state index in [0.29, 0.717) is 0 Å². The first-order valence-electron chi connectivity index (χ1n) is 9.91. The number of ether oxygens (including phenoxy) is 1. The maximum atomic E-state index is 4.94. The summed E-state index contributed by atoms with van der Waals surface area (Å²) in [6, 6.07) is 0. The third kappa shape index (κ3) is 81.0. The molecule has 0 bridgehead atoms. The molecule has 18 radical (unpaired) electrons. The molecule has 0 aromatic rings. The summed E-state index contributed by atoms with van der Waals surface area (Å²) in [7, 11) is 0.361. The van der Waals surface area contributed by atoms with Crippen molar-refractivity contribution in [3.8, 4) is 0 Å². The number of hydrogen-bond donors (Lipinski definition) is 0. The fourth-order valence-corrected chi connectivity index (χ4v) is 1.15. The standard InChI is InChI=1S/2C5H5.C4H8O.3C3H9Si.Ge.Lu/c3*1-2-4-5-3-1;3*1-4(2)3;;/h2*1-5H;1-4H2;3*1-3H3;;. The van der Waals surface area contributed by atoms with Gasteiger partial charge in [-0.25, -0.2) is 0 Å². The van der Waals surface area contributed by atoms with E-state index in [-0.39, 0.29) is 80.9 Å². The van der Waals surface area contributed by atoms with Crippen molar-refractivity contribution in [1.82, 2.24) is 0 Å². The van der Waals surface area contributed by atoms with Crippen LogP contribution in [0.2, 0.25) is 58.9 Å². The molecule has 3 fully saturated rings. The monoisotopic (exact) mass is 670 g/mol. The maximum Gasteiger partial charge on any atom is 0.0466 e. The van der Waals surface area contributed by atoms with Gasteiger partial charge in [-0.2, -0.15) is 0 Å². The van der Waals surface area contributed by atoms with Crippen molar-refractivity contribution in [2.24, 2.45) is 0 Å². The van der Waals surface area contributed by atoms with Gasteiger partial charge in [-0.15, -0.1) is 0 Å². The molecule has 1 aliphatic heterocycles. The van der Waals surface area contributed by atoms with E-state index >= 15 is 0 Å². The topological polar surface area (TPSA) is 9.23 Å². The molecule has 0 aromatic carbocycles. The Morgan fingerprint density at radius 1 is 0.448 bits per heavy atom. The smallest absolute Gasteiger partial charge is 0.0466 e. The zero-order valence-corrected chi connectivity index (χ0v) is 27.0. The Bertz CT molecular complexity index is 165. The fraction of sp³-hybridized carbons (Fsp3) is 0.565. The largest absolute Gasteiger partial charge is 0.381 e. The summed E-state index contributed by atoms with van der Waals surface area (Å²) < 4.78 is 4.94. The van der Waals surface area contributed by atoms with Crippen molar-refractivity contribution in [3.05, 3.63) is 64.2 Å². The van der Waals surface area contributed by atoms with Crippen molar-refractivity contribution < 1.29 is 41.6 Å². The molecule has 1 nitrogen and oxygen atoms in total. The van der Waals surface area contributed by atoms with Gasteiger partial charge in [-0.1, -0.05) is 58.9 Å². The number of hydrogen-bond acceptors (Lipinski definition) is 1. The molecular formula is C23H45GeLuOSi3. The summed E-state index contributed by atoms with van der Waals surface area (Å²) in [5.41, 5.74) is 0. The first kappa shape index (κ1) is 41.6. The number of rotatable bonds is 0. The van der Waals surface area contributed by atoms with Crippen molar-refractivity contribution in [2.45, 2.75) is 71.8 Å². The summed E-state index contributed by atoms with van der Waals surface area (Å²) in [6.07, 6.45) is 22.6.